The largest absolute Gasteiger partial charge is 0.495 e. The lowest BCUT2D eigenvalue weighted by Gasteiger charge is -2.15. The van der Waals surface area contributed by atoms with E-state index in [1.807, 2.05) is 54.9 Å². The van der Waals surface area contributed by atoms with Crippen LogP contribution in [-0.2, 0) is 0 Å². The van der Waals surface area contributed by atoms with E-state index >= 15 is 0 Å². The molecule has 0 aliphatic carbocycles. The first-order valence-corrected chi connectivity index (χ1v) is 9.58. The van der Waals surface area contributed by atoms with E-state index in [9.17, 15) is 4.39 Å². The van der Waals surface area contributed by atoms with Crippen LogP contribution < -0.4 is 10.1 Å². The molecule has 2 aromatic carbocycles. The molecule has 1 atom stereocenters. The highest BCUT2D eigenvalue weighted by Crippen LogP contribution is 2.29. The molecule has 4 aromatic rings. The maximum absolute atomic E-state index is 13.1. The normalized spacial score (nSPS) is 11.9. The van der Waals surface area contributed by atoms with Crippen LogP contribution in [0.3, 0.4) is 0 Å². The summed E-state index contributed by atoms with van der Waals surface area (Å²) < 4.78 is 20.6. The molecule has 4 rings (SSSR count). The van der Waals surface area contributed by atoms with Crippen molar-refractivity contribution in [2.24, 2.45) is 0 Å². The molecule has 30 heavy (non-hydrogen) atoms. The Labute approximate surface area is 174 Å². The number of imidazole rings is 1. The van der Waals surface area contributed by atoms with E-state index in [1.165, 1.54) is 12.1 Å². The first kappa shape index (κ1) is 19.6. The van der Waals surface area contributed by atoms with Crippen molar-refractivity contribution in [1.82, 2.24) is 19.7 Å². The van der Waals surface area contributed by atoms with Gasteiger partial charge in [-0.25, -0.2) is 9.37 Å². The zero-order valence-corrected chi connectivity index (χ0v) is 17.0. The third kappa shape index (κ3) is 4.15. The maximum Gasteiger partial charge on any atom is 0.149 e. The van der Waals surface area contributed by atoms with Crippen molar-refractivity contribution in [1.29, 1.82) is 0 Å². The van der Waals surface area contributed by atoms with Gasteiger partial charge in [0, 0.05) is 11.8 Å². The average molecular weight is 403 g/mol. The molecule has 0 bridgehead atoms. The SMILES string of the molecule is COc1cc(-c2ccc(N[C@@H](C)c3ccc(F)cc3)nn2)ccc1-n1cnc(C)c1. The smallest absolute Gasteiger partial charge is 0.149 e. The fraction of sp³-hybridized carbons (Fsp3) is 0.174. The second kappa shape index (κ2) is 8.32. The van der Waals surface area contributed by atoms with E-state index in [4.69, 9.17) is 4.74 Å². The molecule has 0 fully saturated rings. The second-order valence-electron chi connectivity index (χ2n) is 7.03. The summed E-state index contributed by atoms with van der Waals surface area (Å²) >= 11 is 0. The lowest BCUT2D eigenvalue weighted by molar-refractivity contribution is 0.413. The predicted molar refractivity (Wildman–Crippen MR) is 114 cm³/mol. The van der Waals surface area contributed by atoms with Gasteiger partial charge in [0.1, 0.15) is 17.4 Å². The Kier molecular flexibility index (Phi) is 5.43. The van der Waals surface area contributed by atoms with Crippen LogP contribution in [0, 0.1) is 12.7 Å². The minimum absolute atomic E-state index is 0.0243. The monoisotopic (exact) mass is 403 g/mol. The van der Waals surface area contributed by atoms with Crippen LogP contribution in [0.4, 0.5) is 10.2 Å². The lowest BCUT2D eigenvalue weighted by Crippen LogP contribution is -2.08. The van der Waals surface area contributed by atoms with Crippen LogP contribution >= 0.6 is 0 Å². The zero-order valence-electron chi connectivity index (χ0n) is 17.0. The number of anilines is 1. The van der Waals surface area contributed by atoms with Gasteiger partial charge in [-0.1, -0.05) is 18.2 Å². The zero-order chi connectivity index (χ0) is 21.1. The molecule has 2 heterocycles. The van der Waals surface area contributed by atoms with Crippen molar-refractivity contribution in [3.8, 4) is 22.7 Å². The van der Waals surface area contributed by atoms with Crippen molar-refractivity contribution in [3.63, 3.8) is 0 Å². The number of nitrogens with zero attached hydrogens (tertiary/aromatic N) is 4. The van der Waals surface area contributed by atoms with Gasteiger partial charge in [0.2, 0.25) is 0 Å². The highest BCUT2D eigenvalue weighted by atomic mass is 19.1. The Morgan fingerprint density at radius 1 is 1.03 bits per heavy atom. The molecule has 6 nitrogen and oxygen atoms in total. The van der Waals surface area contributed by atoms with Gasteiger partial charge in [-0.15, -0.1) is 10.2 Å². The fourth-order valence-electron chi connectivity index (χ4n) is 3.22. The Bertz CT molecular complexity index is 1140. The number of nitrogens with one attached hydrogen (secondary N) is 1. The average Bonchev–Trinajstić information content (AvgIpc) is 3.20. The van der Waals surface area contributed by atoms with Crippen molar-refractivity contribution in [2.45, 2.75) is 19.9 Å². The van der Waals surface area contributed by atoms with Crippen LogP contribution in [0.25, 0.3) is 16.9 Å². The number of aryl methyl sites for hydroxylation is 1. The summed E-state index contributed by atoms with van der Waals surface area (Å²) in [5.74, 6) is 1.12. The quantitative estimate of drug-likeness (QED) is 0.493. The first-order valence-electron chi connectivity index (χ1n) is 9.58. The van der Waals surface area contributed by atoms with Crippen LogP contribution in [-0.4, -0.2) is 26.9 Å². The van der Waals surface area contributed by atoms with E-state index in [0.717, 1.165) is 34.0 Å². The number of ether oxygens (including phenoxy) is 1. The summed E-state index contributed by atoms with van der Waals surface area (Å²) in [6.07, 6.45) is 3.70. The number of aromatic nitrogens is 4. The van der Waals surface area contributed by atoms with E-state index in [0.29, 0.717) is 5.82 Å². The van der Waals surface area contributed by atoms with Gasteiger partial charge in [-0.3, -0.25) is 0 Å². The molecule has 0 aliphatic heterocycles. The Hall–Kier alpha value is -3.74. The molecule has 152 valence electrons. The van der Waals surface area contributed by atoms with Crippen LogP contribution in [0.15, 0.2) is 67.1 Å². The number of hydrogen-bond donors (Lipinski definition) is 1. The van der Waals surface area contributed by atoms with Gasteiger partial charge in [-0.05, 0) is 55.8 Å². The van der Waals surface area contributed by atoms with Gasteiger partial charge in [0.05, 0.1) is 36.6 Å². The summed E-state index contributed by atoms with van der Waals surface area (Å²) in [4.78, 5) is 4.27. The van der Waals surface area contributed by atoms with Crippen LogP contribution in [0.5, 0.6) is 5.75 Å². The molecule has 0 radical (unpaired) electrons. The molecular weight excluding hydrogens is 381 g/mol. The van der Waals surface area contributed by atoms with Gasteiger partial charge >= 0.3 is 0 Å². The Morgan fingerprint density at radius 2 is 1.83 bits per heavy atom. The molecule has 0 amide bonds. The molecule has 0 unspecified atom stereocenters. The second-order valence-corrected chi connectivity index (χ2v) is 7.03. The molecule has 1 N–H and O–H groups in total. The van der Waals surface area contributed by atoms with Crippen molar-refractivity contribution in [2.75, 3.05) is 12.4 Å². The number of hydrogen-bond acceptors (Lipinski definition) is 5. The highest BCUT2D eigenvalue weighted by Gasteiger charge is 2.11. The molecule has 0 saturated heterocycles. The summed E-state index contributed by atoms with van der Waals surface area (Å²) in [6.45, 7) is 3.93. The van der Waals surface area contributed by atoms with Gasteiger partial charge < -0.3 is 14.6 Å². The third-order valence-electron chi connectivity index (χ3n) is 4.86. The molecule has 0 saturated carbocycles. The summed E-state index contributed by atoms with van der Waals surface area (Å²) in [5, 5.41) is 11.9. The summed E-state index contributed by atoms with van der Waals surface area (Å²) in [7, 11) is 1.64. The van der Waals surface area contributed by atoms with E-state index < -0.39 is 0 Å². The lowest BCUT2D eigenvalue weighted by atomic mass is 10.1. The topological polar surface area (TPSA) is 64.9 Å². The van der Waals surface area contributed by atoms with Gasteiger partial charge in [0.15, 0.2) is 0 Å². The minimum Gasteiger partial charge on any atom is -0.495 e. The van der Waals surface area contributed by atoms with E-state index in [2.05, 4.69) is 20.5 Å². The molecule has 2 aromatic heterocycles. The summed E-state index contributed by atoms with van der Waals surface area (Å²) in [5.41, 5.74) is 4.45. The van der Waals surface area contributed by atoms with E-state index in [1.54, 1.807) is 25.6 Å². The number of benzene rings is 2. The Morgan fingerprint density at radius 3 is 2.47 bits per heavy atom. The predicted octanol–water partition coefficient (Wildman–Crippen LogP) is 4.96. The number of halogens is 1. The molecular formula is C23H22FN5O. The van der Waals surface area contributed by atoms with Crippen LogP contribution in [0.2, 0.25) is 0 Å². The highest BCUT2D eigenvalue weighted by molar-refractivity contribution is 5.65. The Balaban J connectivity index is 1.53. The number of rotatable bonds is 6. The van der Waals surface area contributed by atoms with Crippen LogP contribution in [0.1, 0.15) is 24.2 Å². The van der Waals surface area contributed by atoms with Crippen molar-refractivity contribution < 1.29 is 9.13 Å². The van der Waals surface area contributed by atoms with Crippen molar-refractivity contribution in [3.05, 3.63) is 84.2 Å². The van der Waals surface area contributed by atoms with Gasteiger partial charge in [-0.2, -0.15) is 0 Å². The standard InChI is InChI=1S/C23H22FN5O/c1-15-13-29(14-25-15)21-10-6-18(12-22(21)30-3)20-9-11-23(28-27-20)26-16(2)17-4-7-19(24)8-5-17/h4-14,16H,1-3H3,(H,26,28)/t16-/m0/s1. The number of methoxy groups -OCH3 is 1. The third-order valence-corrected chi connectivity index (χ3v) is 4.86. The van der Waals surface area contributed by atoms with Crippen molar-refractivity contribution >= 4 is 5.82 Å². The fourth-order valence-corrected chi connectivity index (χ4v) is 3.22. The minimum atomic E-state index is -0.250. The first-order chi connectivity index (χ1) is 14.5. The molecule has 0 spiro atoms. The van der Waals surface area contributed by atoms with Gasteiger partial charge in [0.25, 0.3) is 0 Å². The molecule has 0 aliphatic rings. The summed E-state index contributed by atoms with van der Waals surface area (Å²) in [6, 6.07) is 16.0. The van der Waals surface area contributed by atoms with E-state index in [-0.39, 0.29) is 11.9 Å². The maximum atomic E-state index is 13.1. The molecule has 7 heteroatoms.